The van der Waals surface area contributed by atoms with Gasteiger partial charge in [-0.05, 0) is 30.6 Å². The number of nitrogens with zero attached hydrogens (tertiary/aromatic N) is 1. The summed E-state index contributed by atoms with van der Waals surface area (Å²) >= 11 is 0. The van der Waals surface area contributed by atoms with E-state index in [9.17, 15) is 0 Å². The van der Waals surface area contributed by atoms with Crippen LogP contribution >= 0.6 is 0 Å². The van der Waals surface area contributed by atoms with E-state index in [2.05, 4.69) is 31.1 Å². The molecule has 2 rings (SSSR count). The topological polar surface area (TPSA) is 34.2 Å². The molecule has 3 unspecified atom stereocenters. The summed E-state index contributed by atoms with van der Waals surface area (Å²) in [6.45, 7) is 6.94. The van der Waals surface area contributed by atoms with Gasteiger partial charge in [0.2, 0.25) is 0 Å². The number of hydrogen-bond donors (Lipinski definition) is 1. The lowest BCUT2D eigenvalue weighted by molar-refractivity contribution is 0.0458. The van der Waals surface area contributed by atoms with E-state index < -0.39 is 0 Å². The predicted molar refractivity (Wildman–Crippen MR) is 79.5 cm³/mol. The minimum atomic E-state index is 0.331. The minimum absolute atomic E-state index is 0.331. The molecule has 1 aromatic heterocycles. The lowest BCUT2D eigenvalue weighted by Gasteiger charge is -2.37. The zero-order valence-electron chi connectivity index (χ0n) is 12.5. The molecule has 0 aromatic carbocycles. The third-order valence-electron chi connectivity index (χ3n) is 4.25. The maximum absolute atomic E-state index is 6.24. The number of anilines is 1. The molecule has 3 heteroatoms. The van der Waals surface area contributed by atoms with Crippen LogP contribution in [0.15, 0.2) is 18.5 Å². The summed E-state index contributed by atoms with van der Waals surface area (Å²) in [6.07, 6.45) is 7.73. The van der Waals surface area contributed by atoms with E-state index in [4.69, 9.17) is 4.74 Å². The highest BCUT2D eigenvalue weighted by Gasteiger charge is 2.32. The second-order valence-electron chi connectivity index (χ2n) is 6.14. The van der Waals surface area contributed by atoms with Crippen LogP contribution in [0.3, 0.4) is 0 Å². The van der Waals surface area contributed by atoms with Gasteiger partial charge in [-0.1, -0.05) is 27.2 Å². The Bertz CT molecular complexity index is 405. The highest BCUT2D eigenvalue weighted by atomic mass is 16.5. The van der Waals surface area contributed by atoms with Crippen molar-refractivity contribution in [3.8, 4) is 5.75 Å². The quantitative estimate of drug-likeness (QED) is 0.891. The van der Waals surface area contributed by atoms with Crippen LogP contribution < -0.4 is 10.1 Å². The molecule has 0 bridgehead atoms. The fourth-order valence-corrected chi connectivity index (χ4v) is 3.05. The molecule has 106 valence electrons. The fourth-order valence-electron chi connectivity index (χ4n) is 3.05. The van der Waals surface area contributed by atoms with Gasteiger partial charge in [0.15, 0.2) is 0 Å². The van der Waals surface area contributed by atoms with Crippen LogP contribution in [0.5, 0.6) is 5.75 Å². The van der Waals surface area contributed by atoms with Crippen LogP contribution in [0.4, 0.5) is 5.69 Å². The highest BCUT2D eigenvalue weighted by Crippen LogP contribution is 2.36. The summed E-state index contributed by atoms with van der Waals surface area (Å²) in [5.41, 5.74) is 1.00. The van der Waals surface area contributed by atoms with Gasteiger partial charge < -0.3 is 10.1 Å². The molecule has 3 nitrogen and oxygen atoms in total. The Kier molecular flexibility index (Phi) is 4.67. The largest absolute Gasteiger partial charge is 0.488 e. The van der Waals surface area contributed by atoms with Crippen molar-refractivity contribution in [1.29, 1.82) is 0 Å². The Morgan fingerprint density at radius 3 is 2.79 bits per heavy atom. The molecule has 1 heterocycles. The van der Waals surface area contributed by atoms with Crippen molar-refractivity contribution in [2.45, 2.75) is 46.1 Å². The predicted octanol–water partition coefficient (Wildman–Crippen LogP) is 3.96. The molecule has 0 radical (unpaired) electrons. The van der Waals surface area contributed by atoms with Crippen molar-refractivity contribution in [2.75, 3.05) is 12.4 Å². The number of nitrogens with one attached hydrogen (secondary N) is 1. The fraction of sp³-hybridized carbons (Fsp3) is 0.688. The number of aromatic nitrogens is 1. The molecule has 0 spiro atoms. The number of rotatable bonds is 4. The van der Waals surface area contributed by atoms with Crippen LogP contribution in [0.25, 0.3) is 0 Å². The van der Waals surface area contributed by atoms with Gasteiger partial charge in [-0.2, -0.15) is 0 Å². The second kappa shape index (κ2) is 6.27. The van der Waals surface area contributed by atoms with Crippen molar-refractivity contribution in [2.24, 2.45) is 17.8 Å². The second-order valence-corrected chi connectivity index (χ2v) is 6.14. The Hall–Kier alpha value is -1.25. The first-order valence-corrected chi connectivity index (χ1v) is 7.39. The van der Waals surface area contributed by atoms with E-state index in [0.29, 0.717) is 17.9 Å². The maximum Gasteiger partial charge on any atom is 0.140 e. The summed E-state index contributed by atoms with van der Waals surface area (Å²) < 4.78 is 6.24. The van der Waals surface area contributed by atoms with Crippen molar-refractivity contribution >= 4 is 5.69 Å². The molecular weight excluding hydrogens is 236 g/mol. The molecule has 1 aliphatic rings. The molecule has 0 amide bonds. The van der Waals surface area contributed by atoms with Crippen LogP contribution in [0.1, 0.15) is 40.0 Å². The average Bonchev–Trinajstić information content (AvgIpc) is 2.38. The third kappa shape index (κ3) is 3.62. The summed E-state index contributed by atoms with van der Waals surface area (Å²) in [5, 5.41) is 3.10. The van der Waals surface area contributed by atoms with Crippen LogP contribution in [0.2, 0.25) is 0 Å². The van der Waals surface area contributed by atoms with Crippen molar-refractivity contribution in [3.63, 3.8) is 0 Å². The zero-order valence-corrected chi connectivity index (χ0v) is 12.5. The van der Waals surface area contributed by atoms with Crippen molar-refractivity contribution in [1.82, 2.24) is 4.98 Å². The highest BCUT2D eigenvalue weighted by molar-refractivity contribution is 5.44. The zero-order chi connectivity index (χ0) is 13.8. The average molecular weight is 262 g/mol. The van der Waals surface area contributed by atoms with Gasteiger partial charge in [0.05, 0.1) is 18.1 Å². The van der Waals surface area contributed by atoms with E-state index in [0.717, 1.165) is 23.8 Å². The Labute approximate surface area is 116 Å². The Morgan fingerprint density at radius 1 is 1.32 bits per heavy atom. The van der Waals surface area contributed by atoms with Gasteiger partial charge in [-0.15, -0.1) is 0 Å². The van der Waals surface area contributed by atoms with Gasteiger partial charge in [-0.25, -0.2) is 0 Å². The van der Waals surface area contributed by atoms with Crippen LogP contribution in [0, 0.1) is 17.8 Å². The van der Waals surface area contributed by atoms with E-state index in [1.165, 1.54) is 12.8 Å². The van der Waals surface area contributed by atoms with Crippen molar-refractivity contribution in [3.05, 3.63) is 18.5 Å². The minimum Gasteiger partial charge on any atom is -0.488 e. The first kappa shape index (κ1) is 14.2. The smallest absolute Gasteiger partial charge is 0.140 e. The lowest BCUT2D eigenvalue weighted by Crippen LogP contribution is -2.36. The van der Waals surface area contributed by atoms with E-state index >= 15 is 0 Å². The normalized spacial score (nSPS) is 27.3. The summed E-state index contributed by atoms with van der Waals surface area (Å²) in [5.74, 6) is 2.99. The SMILES string of the molecule is CNc1cncc(OC2CC(C)CCC2C(C)C)c1. The van der Waals surface area contributed by atoms with Gasteiger partial charge in [0, 0.05) is 13.1 Å². The van der Waals surface area contributed by atoms with Gasteiger partial charge in [-0.3, -0.25) is 4.98 Å². The number of ether oxygens (including phenoxy) is 1. The summed E-state index contributed by atoms with van der Waals surface area (Å²) in [6, 6.07) is 2.03. The Balaban J connectivity index is 2.09. The van der Waals surface area contributed by atoms with Crippen molar-refractivity contribution < 1.29 is 4.74 Å². The first-order valence-electron chi connectivity index (χ1n) is 7.39. The number of hydrogen-bond acceptors (Lipinski definition) is 3. The molecule has 1 fully saturated rings. The molecule has 1 aliphatic carbocycles. The van der Waals surface area contributed by atoms with Gasteiger partial charge in [0.25, 0.3) is 0 Å². The van der Waals surface area contributed by atoms with E-state index in [-0.39, 0.29) is 0 Å². The van der Waals surface area contributed by atoms with Gasteiger partial charge >= 0.3 is 0 Å². The first-order chi connectivity index (χ1) is 9.10. The lowest BCUT2D eigenvalue weighted by atomic mass is 9.75. The third-order valence-corrected chi connectivity index (χ3v) is 4.25. The van der Waals surface area contributed by atoms with E-state index in [1.54, 1.807) is 0 Å². The molecule has 1 saturated carbocycles. The molecule has 1 N–H and O–H groups in total. The molecule has 3 atom stereocenters. The Morgan fingerprint density at radius 2 is 2.11 bits per heavy atom. The summed E-state index contributed by atoms with van der Waals surface area (Å²) in [7, 11) is 1.90. The molecular formula is C16H26N2O. The number of pyridine rings is 1. The van der Waals surface area contributed by atoms with Crippen LogP contribution in [-0.4, -0.2) is 18.1 Å². The van der Waals surface area contributed by atoms with Crippen LogP contribution in [-0.2, 0) is 0 Å². The molecule has 19 heavy (non-hydrogen) atoms. The monoisotopic (exact) mass is 262 g/mol. The molecule has 1 aromatic rings. The standard InChI is InChI=1S/C16H26N2O/c1-11(2)15-6-5-12(3)7-16(15)19-14-8-13(17-4)9-18-10-14/h8-12,15-17H,5-7H2,1-4H3. The van der Waals surface area contributed by atoms with E-state index in [1.807, 2.05) is 25.5 Å². The maximum atomic E-state index is 6.24. The van der Waals surface area contributed by atoms with Gasteiger partial charge in [0.1, 0.15) is 11.9 Å². The molecule has 0 aliphatic heterocycles. The summed E-state index contributed by atoms with van der Waals surface area (Å²) in [4.78, 5) is 4.22. The molecule has 0 saturated heterocycles.